The summed E-state index contributed by atoms with van der Waals surface area (Å²) in [4.78, 5) is 14.3. The van der Waals surface area contributed by atoms with E-state index in [-0.39, 0.29) is 30.7 Å². The van der Waals surface area contributed by atoms with Gasteiger partial charge in [0.1, 0.15) is 0 Å². The van der Waals surface area contributed by atoms with Crippen LogP contribution in [0.3, 0.4) is 0 Å². The molecule has 2 N–H and O–H groups in total. The van der Waals surface area contributed by atoms with Gasteiger partial charge in [-0.1, -0.05) is 30.3 Å². The van der Waals surface area contributed by atoms with E-state index in [1.54, 1.807) is 10.9 Å². The van der Waals surface area contributed by atoms with Crippen LogP contribution in [0.4, 0.5) is 0 Å². The largest absolute Gasteiger partial charge is 0.338 e. The van der Waals surface area contributed by atoms with Crippen LogP contribution in [0.25, 0.3) is 0 Å². The Morgan fingerprint density at radius 2 is 1.91 bits per heavy atom. The zero-order valence-corrected chi connectivity index (χ0v) is 14.6. The first-order chi connectivity index (χ1) is 10.3. The summed E-state index contributed by atoms with van der Waals surface area (Å²) < 4.78 is 1.78. The fourth-order valence-corrected chi connectivity index (χ4v) is 2.18. The van der Waals surface area contributed by atoms with Gasteiger partial charge in [0.05, 0.1) is 0 Å². The van der Waals surface area contributed by atoms with Crippen LogP contribution in [0, 0.1) is 0 Å². The molecule has 1 amide bonds. The SMILES string of the molecule is Cl.Cl.NCCCN(Cc1ccccc1)C(=O)CCn1cccn1. The minimum absolute atomic E-state index is 0. The second-order valence-electron chi connectivity index (χ2n) is 4.96. The van der Waals surface area contributed by atoms with E-state index in [2.05, 4.69) is 5.10 Å². The normalized spacial score (nSPS) is 9.61. The molecule has 1 aromatic carbocycles. The first-order valence-electron chi connectivity index (χ1n) is 7.29. The smallest absolute Gasteiger partial charge is 0.224 e. The summed E-state index contributed by atoms with van der Waals surface area (Å²) in [7, 11) is 0. The maximum absolute atomic E-state index is 12.4. The summed E-state index contributed by atoms with van der Waals surface area (Å²) in [5, 5.41) is 4.12. The van der Waals surface area contributed by atoms with Gasteiger partial charge in [0.2, 0.25) is 5.91 Å². The van der Waals surface area contributed by atoms with Gasteiger partial charge >= 0.3 is 0 Å². The third kappa shape index (κ3) is 7.50. The van der Waals surface area contributed by atoms with Crippen molar-refractivity contribution in [2.24, 2.45) is 5.73 Å². The lowest BCUT2D eigenvalue weighted by molar-refractivity contribution is -0.132. The monoisotopic (exact) mass is 358 g/mol. The summed E-state index contributed by atoms with van der Waals surface area (Å²) in [6, 6.07) is 11.9. The minimum atomic E-state index is 0. The van der Waals surface area contributed by atoms with Crippen LogP contribution in [-0.2, 0) is 17.9 Å². The van der Waals surface area contributed by atoms with Crippen molar-refractivity contribution in [1.29, 1.82) is 0 Å². The Morgan fingerprint density at radius 1 is 1.17 bits per heavy atom. The number of carbonyl (C=O) groups is 1. The van der Waals surface area contributed by atoms with E-state index in [0.29, 0.717) is 32.6 Å². The lowest BCUT2D eigenvalue weighted by Gasteiger charge is -2.22. The topological polar surface area (TPSA) is 64.2 Å². The van der Waals surface area contributed by atoms with E-state index < -0.39 is 0 Å². The lowest BCUT2D eigenvalue weighted by atomic mass is 10.2. The zero-order valence-electron chi connectivity index (χ0n) is 13.0. The van der Waals surface area contributed by atoms with E-state index in [1.807, 2.05) is 47.5 Å². The second kappa shape index (κ2) is 11.9. The first-order valence-corrected chi connectivity index (χ1v) is 7.29. The standard InChI is InChI=1S/C16H22N4O.2ClH/c17-9-4-11-19(14-15-6-2-1-3-7-15)16(21)8-13-20-12-5-10-18-20;;/h1-3,5-7,10,12H,4,8-9,11,13-14,17H2;2*1H. The molecule has 1 aromatic heterocycles. The highest BCUT2D eigenvalue weighted by molar-refractivity contribution is 5.85. The Bertz CT molecular complexity index is 534. The Labute approximate surface area is 149 Å². The van der Waals surface area contributed by atoms with Gasteiger partial charge in [-0.15, -0.1) is 24.8 Å². The third-order valence-corrected chi connectivity index (χ3v) is 3.32. The van der Waals surface area contributed by atoms with Gasteiger partial charge in [0.15, 0.2) is 0 Å². The molecule has 0 radical (unpaired) electrons. The Kier molecular flexibility index (Phi) is 11.1. The number of aromatic nitrogens is 2. The van der Waals surface area contributed by atoms with Crippen LogP contribution >= 0.6 is 24.8 Å². The first kappa shape index (κ1) is 21.4. The molecule has 0 aliphatic heterocycles. The quantitative estimate of drug-likeness (QED) is 0.788. The number of rotatable bonds is 8. The minimum Gasteiger partial charge on any atom is -0.338 e. The molecular formula is C16H24Cl2N4O. The highest BCUT2D eigenvalue weighted by atomic mass is 35.5. The summed E-state index contributed by atoms with van der Waals surface area (Å²) in [6.45, 7) is 2.54. The maximum Gasteiger partial charge on any atom is 0.224 e. The van der Waals surface area contributed by atoms with Gasteiger partial charge in [0.25, 0.3) is 0 Å². The van der Waals surface area contributed by atoms with Gasteiger partial charge in [0, 0.05) is 38.4 Å². The van der Waals surface area contributed by atoms with Crippen molar-refractivity contribution < 1.29 is 4.79 Å². The number of halogens is 2. The van der Waals surface area contributed by atoms with Gasteiger partial charge in [-0.05, 0) is 24.6 Å². The average molecular weight is 359 g/mol. The van der Waals surface area contributed by atoms with Gasteiger partial charge in [-0.3, -0.25) is 9.48 Å². The second-order valence-corrected chi connectivity index (χ2v) is 4.96. The third-order valence-electron chi connectivity index (χ3n) is 3.32. The molecule has 0 aliphatic carbocycles. The van der Waals surface area contributed by atoms with Crippen LogP contribution in [0.5, 0.6) is 0 Å². The Balaban J connectivity index is 0.00000242. The van der Waals surface area contributed by atoms with Crippen molar-refractivity contribution in [3.05, 3.63) is 54.4 Å². The molecule has 0 spiro atoms. The number of carbonyl (C=O) groups excluding carboxylic acids is 1. The number of nitrogens with zero attached hydrogens (tertiary/aromatic N) is 3. The highest BCUT2D eigenvalue weighted by Gasteiger charge is 2.13. The molecule has 0 saturated carbocycles. The van der Waals surface area contributed by atoms with Crippen molar-refractivity contribution in [3.63, 3.8) is 0 Å². The number of hydrogen-bond donors (Lipinski definition) is 1. The van der Waals surface area contributed by atoms with Crippen LogP contribution in [0.2, 0.25) is 0 Å². The maximum atomic E-state index is 12.4. The Hall–Kier alpha value is -1.56. The fourth-order valence-electron chi connectivity index (χ4n) is 2.18. The predicted octanol–water partition coefficient (Wildman–Crippen LogP) is 2.49. The predicted molar refractivity (Wildman–Crippen MR) is 96.9 cm³/mol. The van der Waals surface area contributed by atoms with E-state index in [1.165, 1.54) is 0 Å². The van der Waals surface area contributed by atoms with Crippen molar-refractivity contribution in [2.45, 2.75) is 25.9 Å². The molecule has 0 bridgehead atoms. The van der Waals surface area contributed by atoms with Gasteiger partial charge in [-0.25, -0.2) is 0 Å². The number of aryl methyl sites for hydroxylation is 1. The van der Waals surface area contributed by atoms with E-state index in [0.717, 1.165) is 12.0 Å². The van der Waals surface area contributed by atoms with Crippen molar-refractivity contribution in [1.82, 2.24) is 14.7 Å². The molecule has 1 heterocycles. The van der Waals surface area contributed by atoms with Gasteiger partial charge < -0.3 is 10.6 Å². The van der Waals surface area contributed by atoms with Crippen LogP contribution in [0.1, 0.15) is 18.4 Å². The molecule has 7 heteroatoms. The van der Waals surface area contributed by atoms with Crippen molar-refractivity contribution in [3.8, 4) is 0 Å². The van der Waals surface area contributed by atoms with Crippen LogP contribution in [0.15, 0.2) is 48.8 Å². The lowest BCUT2D eigenvalue weighted by Crippen LogP contribution is -2.33. The molecule has 0 aliphatic rings. The number of hydrogen-bond acceptors (Lipinski definition) is 3. The molecular weight excluding hydrogens is 335 g/mol. The van der Waals surface area contributed by atoms with E-state index >= 15 is 0 Å². The molecule has 0 unspecified atom stereocenters. The summed E-state index contributed by atoms with van der Waals surface area (Å²) in [5.74, 6) is 0.141. The number of amides is 1. The molecule has 0 saturated heterocycles. The number of nitrogens with two attached hydrogens (primary N) is 1. The van der Waals surface area contributed by atoms with E-state index in [4.69, 9.17) is 5.73 Å². The Morgan fingerprint density at radius 3 is 2.52 bits per heavy atom. The molecule has 0 atom stereocenters. The van der Waals surface area contributed by atoms with Crippen LogP contribution < -0.4 is 5.73 Å². The fraction of sp³-hybridized carbons (Fsp3) is 0.375. The highest BCUT2D eigenvalue weighted by Crippen LogP contribution is 2.07. The van der Waals surface area contributed by atoms with Crippen molar-refractivity contribution in [2.75, 3.05) is 13.1 Å². The van der Waals surface area contributed by atoms with E-state index in [9.17, 15) is 4.79 Å². The van der Waals surface area contributed by atoms with Crippen molar-refractivity contribution >= 4 is 30.7 Å². The zero-order chi connectivity index (χ0) is 14.9. The molecule has 2 rings (SSSR count). The summed E-state index contributed by atoms with van der Waals surface area (Å²) >= 11 is 0. The molecule has 23 heavy (non-hydrogen) atoms. The molecule has 5 nitrogen and oxygen atoms in total. The summed E-state index contributed by atoms with van der Waals surface area (Å²) in [5.41, 5.74) is 6.71. The van der Waals surface area contributed by atoms with Gasteiger partial charge in [-0.2, -0.15) is 5.10 Å². The molecule has 128 valence electrons. The van der Waals surface area contributed by atoms with Crippen LogP contribution in [-0.4, -0.2) is 33.7 Å². The summed E-state index contributed by atoms with van der Waals surface area (Å²) in [6.07, 6.45) is 4.87. The average Bonchev–Trinajstić information content (AvgIpc) is 3.03. The molecule has 0 fully saturated rings. The number of benzene rings is 1. The molecule has 2 aromatic rings.